The van der Waals surface area contributed by atoms with Gasteiger partial charge < -0.3 is 5.32 Å². The Kier molecular flexibility index (Phi) is 5.64. The van der Waals surface area contributed by atoms with Gasteiger partial charge in [0.25, 0.3) is 11.8 Å². The highest BCUT2D eigenvalue weighted by atomic mass is 32.1. The van der Waals surface area contributed by atoms with Gasteiger partial charge in [0.15, 0.2) is 0 Å². The predicted molar refractivity (Wildman–Crippen MR) is 107 cm³/mol. The molecular formula is C19H21N5O4S. The predicted octanol–water partition coefficient (Wildman–Crippen LogP) is 1.60. The number of thiazole rings is 1. The van der Waals surface area contributed by atoms with Gasteiger partial charge in [-0.1, -0.05) is 30.3 Å². The molecule has 5 amide bonds. The molecule has 1 aliphatic heterocycles. The van der Waals surface area contributed by atoms with Crippen LogP contribution in [-0.4, -0.2) is 45.7 Å². The lowest BCUT2D eigenvalue weighted by Crippen LogP contribution is -2.44. The Bertz CT molecular complexity index is 970. The molecule has 0 bridgehead atoms. The van der Waals surface area contributed by atoms with Crippen molar-refractivity contribution in [1.29, 1.82) is 0 Å². The molecule has 3 rings (SSSR count). The summed E-state index contributed by atoms with van der Waals surface area (Å²) in [7, 11) is 0. The maximum absolute atomic E-state index is 12.5. The van der Waals surface area contributed by atoms with Crippen LogP contribution in [0.1, 0.15) is 34.9 Å². The first kappa shape index (κ1) is 20.5. The lowest BCUT2D eigenvalue weighted by atomic mass is 10.1. The maximum atomic E-state index is 12.5. The van der Waals surface area contributed by atoms with Crippen LogP contribution in [0, 0.1) is 6.92 Å². The van der Waals surface area contributed by atoms with Gasteiger partial charge in [-0.05, 0) is 20.8 Å². The largest absolute Gasteiger partial charge is 0.325 e. The van der Waals surface area contributed by atoms with Gasteiger partial charge in [0.2, 0.25) is 5.91 Å². The van der Waals surface area contributed by atoms with Crippen molar-refractivity contribution < 1.29 is 19.2 Å². The molecule has 2 aromatic rings. The number of imide groups is 1. The minimum Gasteiger partial charge on any atom is -0.324 e. The third-order valence-corrected chi connectivity index (χ3v) is 5.28. The van der Waals surface area contributed by atoms with Crippen molar-refractivity contribution in [3.05, 3.63) is 40.2 Å². The summed E-state index contributed by atoms with van der Waals surface area (Å²) < 4.78 is 0. The second-order valence-electron chi connectivity index (χ2n) is 7.04. The number of hydrogen-bond acceptors (Lipinski definition) is 6. The number of aromatic nitrogens is 1. The fraction of sp³-hybridized carbons (Fsp3) is 0.316. The molecule has 1 aliphatic rings. The van der Waals surface area contributed by atoms with E-state index in [1.807, 2.05) is 30.3 Å². The topological polar surface area (TPSA) is 120 Å². The Balaban J connectivity index is 1.57. The van der Waals surface area contributed by atoms with Crippen LogP contribution in [0.2, 0.25) is 0 Å². The molecule has 9 nitrogen and oxygen atoms in total. The monoisotopic (exact) mass is 415 g/mol. The van der Waals surface area contributed by atoms with E-state index in [1.54, 1.807) is 20.8 Å². The Hall–Kier alpha value is -3.27. The number of amides is 5. The quantitative estimate of drug-likeness (QED) is 0.506. The standard InChI is InChI=1S/C19H21N5O4S/c1-11-20-14(12-7-5-4-6-8-12)15(29-11)16(26)23-22-13(25)9-10-24-17(27)19(2,3)21-18(24)28/h4-8H,9-10H2,1-3H3,(H,21,28)(H,22,25)(H,23,26). The van der Waals surface area contributed by atoms with Crippen molar-refractivity contribution in [3.63, 3.8) is 0 Å². The first-order valence-corrected chi connectivity index (χ1v) is 9.77. The van der Waals surface area contributed by atoms with Crippen molar-refractivity contribution in [2.75, 3.05) is 6.54 Å². The number of hydrogen-bond donors (Lipinski definition) is 3. The number of carbonyl (C=O) groups is 4. The van der Waals surface area contributed by atoms with Crippen molar-refractivity contribution >= 4 is 35.1 Å². The minimum absolute atomic E-state index is 0.0786. The average Bonchev–Trinajstić information content (AvgIpc) is 3.16. The number of hydrazine groups is 1. The zero-order chi connectivity index (χ0) is 21.2. The zero-order valence-corrected chi connectivity index (χ0v) is 17.1. The average molecular weight is 415 g/mol. The Morgan fingerprint density at radius 2 is 1.86 bits per heavy atom. The van der Waals surface area contributed by atoms with Crippen LogP contribution < -0.4 is 16.2 Å². The Labute approximate surface area is 171 Å². The summed E-state index contributed by atoms with van der Waals surface area (Å²) in [4.78, 5) is 54.3. The SMILES string of the molecule is Cc1nc(-c2ccccc2)c(C(=O)NNC(=O)CCN2C(=O)NC(C)(C)C2=O)s1. The van der Waals surface area contributed by atoms with Gasteiger partial charge in [-0.3, -0.25) is 30.1 Å². The van der Waals surface area contributed by atoms with E-state index < -0.39 is 29.3 Å². The van der Waals surface area contributed by atoms with Crippen LogP contribution in [0.4, 0.5) is 4.79 Å². The van der Waals surface area contributed by atoms with E-state index in [-0.39, 0.29) is 13.0 Å². The van der Waals surface area contributed by atoms with Gasteiger partial charge in [-0.15, -0.1) is 11.3 Å². The van der Waals surface area contributed by atoms with Crippen LogP contribution in [-0.2, 0) is 9.59 Å². The summed E-state index contributed by atoms with van der Waals surface area (Å²) in [5, 5.41) is 3.27. The van der Waals surface area contributed by atoms with Gasteiger partial charge >= 0.3 is 6.03 Å². The number of carbonyl (C=O) groups excluding carboxylic acids is 4. The summed E-state index contributed by atoms with van der Waals surface area (Å²) in [5.41, 5.74) is 5.04. The molecule has 0 aliphatic carbocycles. The summed E-state index contributed by atoms with van der Waals surface area (Å²) in [5.74, 6) is -1.41. The van der Waals surface area contributed by atoms with E-state index in [0.29, 0.717) is 10.6 Å². The molecule has 1 fully saturated rings. The Morgan fingerprint density at radius 3 is 2.48 bits per heavy atom. The van der Waals surface area contributed by atoms with Crippen LogP contribution in [0.5, 0.6) is 0 Å². The van der Waals surface area contributed by atoms with E-state index in [2.05, 4.69) is 21.2 Å². The van der Waals surface area contributed by atoms with E-state index in [0.717, 1.165) is 15.5 Å². The van der Waals surface area contributed by atoms with Crippen LogP contribution >= 0.6 is 11.3 Å². The highest BCUT2D eigenvalue weighted by Gasteiger charge is 2.44. The molecule has 1 aromatic heterocycles. The first-order valence-electron chi connectivity index (χ1n) is 8.95. The maximum Gasteiger partial charge on any atom is 0.325 e. The summed E-state index contributed by atoms with van der Waals surface area (Å²) in [6, 6.07) is 8.74. The number of aryl methyl sites for hydroxylation is 1. The molecule has 10 heteroatoms. The number of nitrogens with zero attached hydrogens (tertiary/aromatic N) is 2. The summed E-state index contributed by atoms with van der Waals surface area (Å²) in [6.07, 6.45) is -0.136. The van der Waals surface area contributed by atoms with Gasteiger partial charge in [0, 0.05) is 18.5 Å². The summed E-state index contributed by atoms with van der Waals surface area (Å²) >= 11 is 1.22. The zero-order valence-electron chi connectivity index (χ0n) is 16.2. The van der Waals surface area contributed by atoms with E-state index in [9.17, 15) is 19.2 Å². The van der Waals surface area contributed by atoms with Crippen molar-refractivity contribution in [2.24, 2.45) is 0 Å². The fourth-order valence-electron chi connectivity index (χ4n) is 2.85. The molecule has 0 radical (unpaired) electrons. The van der Waals surface area contributed by atoms with E-state index in [1.165, 1.54) is 11.3 Å². The second-order valence-corrected chi connectivity index (χ2v) is 8.24. The summed E-state index contributed by atoms with van der Waals surface area (Å²) in [6.45, 7) is 4.90. The van der Waals surface area contributed by atoms with Crippen molar-refractivity contribution in [2.45, 2.75) is 32.7 Å². The molecule has 0 unspecified atom stereocenters. The number of nitrogens with one attached hydrogen (secondary N) is 3. The van der Waals surface area contributed by atoms with Gasteiger partial charge in [-0.2, -0.15) is 0 Å². The lowest BCUT2D eigenvalue weighted by molar-refractivity contribution is -0.130. The molecule has 152 valence electrons. The smallest absolute Gasteiger partial charge is 0.324 e. The minimum atomic E-state index is -0.986. The molecule has 1 saturated heterocycles. The third-order valence-electron chi connectivity index (χ3n) is 4.31. The first-order chi connectivity index (χ1) is 13.7. The van der Waals surface area contributed by atoms with Crippen LogP contribution in [0.25, 0.3) is 11.3 Å². The molecule has 0 atom stereocenters. The molecule has 3 N–H and O–H groups in total. The van der Waals surface area contributed by atoms with Gasteiger partial charge in [0.1, 0.15) is 10.4 Å². The van der Waals surface area contributed by atoms with Crippen LogP contribution in [0.15, 0.2) is 30.3 Å². The number of rotatable bonds is 5. The number of urea groups is 1. The van der Waals surface area contributed by atoms with E-state index >= 15 is 0 Å². The van der Waals surface area contributed by atoms with Crippen LogP contribution in [0.3, 0.4) is 0 Å². The highest BCUT2D eigenvalue weighted by molar-refractivity contribution is 7.14. The lowest BCUT2D eigenvalue weighted by Gasteiger charge is -2.15. The third kappa shape index (κ3) is 4.43. The van der Waals surface area contributed by atoms with E-state index in [4.69, 9.17) is 0 Å². The highest BCUT2D eigenvalue weighted by Crippen LogP contribution is 2.27. The Morgan fingerprint density at radius 1 is 1.17 bits per heavy atom. The molecule has 29 heavy (non-hydrogen) atoms. The normalized spacial score (nSPS) is 15.2. The fourth-order valence-corrected chi connectivity index (χ4v) is 3.69. The molecule has 2 heterocycles. The van der Waals surface area contributed by atoms with Crippen molar-refractivity contribution in [1.82, 2.24) is 26.1 Å². The van der Waals surface area contributed by atoms with Gasteiger partial charge in [-0.25, -0.2) is 9.78 Å². The molecule has 0 spiro atoms. The van der Waals surface area contributed by atoms with Crippen molar-refractivity contribution in [3.8, 4) is 11.3 Å². The second kappa shape index (κ2) is 8.00. The number of benzene rings is 1. The molecular weight excluding hydrogens is 394 g/mol. The molecule has 0 saturated carbocycles. The molecule has 1 aromatic carbocycles. The van der Waals surface area contributed by atoms with Gasteiger partial charge in [0.05, 0.1) is 10.7 Å².